The highest BCUT2D eigenvalue weighted by Gasteiger charge is 2.12. The Morgan fingerprint density at radius 1 is 1.22 bits per heavy atom. The first-order valence-electron chi connectivity index (χ1n) is 5.29. The zero-order valence-corrected chi connectivity index (χ0v) is 9.73. The number of nitrogen functional groups attached to an aromatic ring is 1. The molecule has 18 heavy (non-hydrogen) atoms. The van der Waals surface area contributed by atoms with Crippen molar-refractivity contribution in [3.63, 3.8) is 0 Å². The van der Waals surface area contributed by atoms with Crippen LogP contribution in [0.3, 0.4) is 0 Å². The first-order chi connectivity index (χ1) is 8.59. The lowest BCUT2D eigenvalue weighted by Crippen LogP contribution is -2.40. The summed E-state index contributed by atoms with van der Waals surface area (Å²) in [5.41, 5.74) is 11.6. The van der Waals surface area contributed by atoms with E-state index in [1.807, 2.05) is 12.1 Å². The maximum absolute atomic E-state index is 11.8. The maximum atomic E-state index is 11.8. The van der Waals surface area contributed by atoms with Gasteiger partial charge in [0.25, 0.3) is 5.91 Å². The number of fused-ring (bicyclic) bond motifs is 1. The van der Waals surface area contributed by atoms with Crippen LogP contribution in [0, 0.1) is 0 Å². The molecule has 0 fully saturated rings. The summed E-state index contributed by atoms with van der Waals surface area (Å²) < 4.78 is 0. The fraction of sp³-hybridized carbons (Fsp3) is 0.0833. The van der Waals surface area contributed by atoms with E-state index >= 15 is 0 Å². The van der Waals surface area contributed by atoms with E-state index < -0.39 is 5.91 Å². The highest BCUT2D eigenvalue weighted by atomic mass is 16.2. The van der Waals surface area contributed by atoms with Gasteiger partial charge in [0.2, 0.25) is 5.91 Å². The molecule has 0 unspecified atom stereocenters. The van der Waals surface area contributed by atoms with E-state index in [2.05, 4.69) is 15.8 Å². The Morgan fingerprint density at radius 2 is 1.94 bits per heavy atom. The number of nitrogens with one attached hydrogen (secondary N) is 2. The smallest absolute Gasteiger partial charge is 0.273 e. The van der Waals surface area contributed by atoms with E-state index in [1.165, 1.54) is 13.1 Å². The Labute approximate surface area is 103 Å². The van der Waals surface area contributed by atoms with Crippen molar-refractivity contribution in [1.82, 2.24) is 15.8 Å². The van der Waals surface area contributed by atoms with Crippen LogP contribution in [0.4, 0.5) is 5.69 Å². The lowest BCUT2D eigenvalue weighted by molar-refractivity contribution is -0.119. The molecule has 0 saturated heterocycles. The number of nitrogens with zero attached hydrogens (tertiary/aromatic N) is 1. The Hall–Kier alpha value is -2.63. The summed E-state index contributed by atoms with van der Waals surface area (Å²) in [5.74, 6) is -0.864. The lowest BCUT2D eigenvalue weighted by atomic mass is 10.1. The molecule has 0 saturated carbocycles. The van der Waals surface area contributed by atoms with E-state index in [1.54, 1.807) is 12.1 Å². The van der Waals surface area contributed by atoms with Gasteiger partial charge in [-0.3, -0.25) is 25.4 Å². The molecule has 92 valence electrons. The minimum absolute atomic E-state index is 0.224. The Bertz CT molecular complexity index is 625. The summed E-state index contributed by atoms with van der Waals surface area (Å²) in [7, 11) is 0. The first-order valence-corrected chi connectivity index (χ1v) is 5.29. The van der Waals surface area contributed by atoms with Crippen LogP contribution in [0.15, 0.2) is 30.5 Å². The maximum Gasteiger partial charge on any atom is 0.273 e. The molecule has 0 aliphatic heterocycles. The van der Waals surface area contributed by atoms with E-state index in [0.717, 1.165) is 0 Å². The van der Waals surface area contributed by atoms with Gasteiger partial charge in [-0.05, 0) is 6.07 Å². The molecule has 6 nitrogen and oxygen atoms in total. The fourth-order valence-electron chi connectivity index (χ4n) is 1.56. The summed E-state index contributed by atoms with van der Waals surface area (Å²) >= 11 is 0. The highest BCUT2D eigenvalue weighted by Crippen LogP contribution is 2.22. The minimum atomic E-state index is -0.499. The van der Waals surface area contributed by atoms with Gasteiger partial charge in [0, 0.05) is 18.5 Å². The molecule has 2 rings (SSSR count). The Kier molecular flexibility index (Phi) is 3.09. The summed E-state index contributed by atoms with van der Waals surface area (Å²) in [4.78, 5) is 26.6. The number of amides is 2. The van der Waals surface area contributed by atoms with Crippen molar-refractivity contribution < 1.29 is 9.59 Å². The molecule has 1 heterocycles. The molecule has 0 spiro atoms. The molecule has 2 aromatic rings. The average Bonchev–Trinajstić information content (AvgIpc) is 2.37. The van der Waals surface area contributed by atoms with E-state index in [9.17, 15) is 9.59 Å². The number of carbonyl (C=O) groups excluding carboxylic acids is 2. The average molecular weight is 244 g/mol. The highest BCUT2D eigenvalue weighted by molar-refractivity contribution is 6.06. The van der Waals surface area contributed by atoms with Crippen molar-refractivity contribution in [1.29, 1.82) is 0 Å². The number of hydrogen-bond acceptors (Lipinski definition) is 4. The molecular formula is C12H12N4O2. The Balaban J connectivity index is 2.37. The largest absolute Gasteiger partial charge is 0.397 e. The van der Waals surface area contributed by atoms with Crippen LogP contribution in [0.5, 0.6) is 0 Å². The number of benzene rings is 1. The third kappa shape index (κ3) is 2.22. The fourth-order valence-corrected chi connectivity index (χ4v) is 1.56. The van der Waals surface area contributed by atoms with Gasteiger partial charge in [0.1, 0.15) is 0 Å². The molecule has 0 radical (unpaired) electrons. The Morgan fingerprint density at radius 3 is 2.67 bits per heavy atom. The number of aromatic nitrogens is 1. The molecule has 1 aromatic carbocycles. The van der Waals surface area contributed by atoms with Crippen LogP contribution in [0.2, 0.25) is 0 Å². The second-order valence-corrected chi connectivity index (χ2v) is 3.74. The van der Waals surface area contributed by atoms with E-state index in [4.69, 9.17) is 5.73 Å². The molecule has 2 amide bonds. The number of hydrazine groups is 1. The van der Waals surface area contributed by atoms with Crippen LogP contribution >= 0.6 is 0 Å². The van der Waals surface area contributed by atoms with Crippen molar-refractivity contribution in [3.8, 4) is 0 Å². The minimum Gasteiger partial charge on any atom is -0.397 e. The standard InChI is InChI=1S/C12H12N4O2/c1-7(17)15-16-12(18)9-6-14-10-5-3-2-4-8(10)11(9)13/h2-6H,1H3,(H2,13,14)(H,15,17)(H,16,18). The molecule has 1 aromatic heterocycles. The van der Waals surface area contributed by atoms with Crippen molar-refractivity contribution in [2.45, 2.75) is 6.92 Å². The first kappa shape index (κ1) is 11.8. The third-order valence-corrected chi connectivity index (χ3v) is 2.41. The van der Waals surface area contributed by atoms with Gasteiger partial charge in [0.15, 0.2) is 0 Å². The summed E-state index contributed by atoms with van der Waals surface area (Å²) in [6.45, 7) is 1.29. The number of para-hydroxylation sites is 1. The van der Waals surface area contributed by atoms with E-state index in [0.29, 0.717) is 16.6 Å². The molecule has 6 heteroatoms. The topological polar surface area (TPSA) is 97.1 Å². The van der Waals surface area contributed by atoms with E-state index in [-0.39, 0.29) is 11.5 Å². The molecule has 4 N–H and O–H groups in total. The van der Waals surface area contributed by atoms with Gasteiger partial charge in [-0.1, -0.05) is 18.2 Å². The number of pyridine rings is 1. The predicted octanol–water partition coefficient (Wildman–Crippen LogP) is 0.598. The number of carbonyl (C=O) groups is 2. The van der Waals surface area contributed by atoms with Crippen molar-refractivity contribution >= 4 is 28.4 Å². The van der Waals surface area contributed by atoms with Crippen LogP contribution in [-0.4, -0.2) is 16.8 Å². The van der Waals surface area contributed by atoms with Gasteiger partial charge in [-0.2, -0.15) is 0 Å². The lowest BCUT2D eigenvalue weighted by Gasteiger charge is -2.09. The summed E-state index contributed by atoms with van der Waals surface area (Å²) in [6, 6.07) is 7.25. The molecule has 0 aliphatic carbocycles. The zero-order chi connectivity index (χ0) is 13.1. The zero-order valence-electron chi connectivity index (χ0n) is 9.73. The normalized spacial score (nSPS) is 10.1. The number of hydrogen-bond donors (Lipinski definition) is 3. The monoisotopic (exact) mass is 244 g/mol. The predicted molar refractivity (Wildman–Crippen MR) is 67.4 cm³/mol. The number of anilines is 1. The third-order valence-electron chi connectivity index (χ3n) is 2.41. The number of rotatable bonds is 1. The summed E-state index contributed by atoms with van der Waals surface area (Å²) in [5, 5.41) is 0.702. The second kappa shape index (κ2) is 4.70. The quantitative estimate of drug-likeness (QED) is 0.640. The van der Waals surface area contributed by atoms with Gasteiger partial charge >= 0.3 is 0 Å². The van der Waals surface area contributed by atoms with Gasteiger partial charge in [0.05, 0.1) is 16.8 Å². The van der Waals surface area contributed by atoms with Gasteiger partial charge in [-0.15, -0.1) is 0 Å². The SMILES string of the molecule is CC(=O)NNC(=O)c1cnc2ccccc2c1N. The van der Waals surface area contributed by atoms with Crippen molar-refractivity contribution in [3.05, 3.63) is 36.0 Å². The second-order valence-electron chi connectivity index (χ2n) is 3.74. The molecule has 0 aliphatic rings. The van der Waals surface area contributed by atoms with Gasteiger partial charge < -0.3 is 5.73 Å². The van der Waals surface area contributed by atoms with Crippen LogP contribution in [0.1, 0.15) is 17.3 Å². The van der Waals surface area contributed by atoms with Crippen LogP contribution in [-0.2, 0) is 4.79 Å². The van der Waals surface area contributed by atoms with Crippen molar-refractivity contribution in [2.24, 2.45) is 0 Å². The van der Waals surface area contributed by atoms with Crippen molar-refractivity contribution in [2.75, 3.05) is 5.73 Å². The van der Waals surface area contributed by atoms with Crippen LogP contribution in [0.25, 0.3) is 10.9 Å². The molecule has 0 bridgehead atoms. The molecule has 0 atom stereocenters. The van der Waals surface area contributed by atoms with Crippen LogP contribution < -0.4 is 16.6 Å². The molecular weight excluding hydrogens is 232 g/mol. The van der Waals surface area contributed by atoms with Gasteiger partial charge in [-0.25, -0.2) is 0 Å². The number of nitrogens with two attached hydrogens (primary N) is 1. The summed E-state index contributed by atoms with van der Waals surface area (Å²) in [6.07, 6.45) is 1.38.